The largest absolute Gasteiger partial charge is 0.268 e. The second-order valence-corrected chi connectivity index (χ2v) is 10.2. The molecule has 2 aromatic rings. The van der Waals surface area contributed by atoms with Crippen molar-refractivity contribution in [3.8, 4) is 0 Å². The van der Waals surface area contributed by atoms with E-state index in [4.69, 9.17) is 11.8 Å². The van der Waals surface area contributed by atoms with E-state index >= 15 is 0 Å². The molecule has 0 spiro atoms. The first-order valence-corrected chi connectivity index (χ1v) is 11.5. The van der Waals surface area contributed by atoms with Gasteiger partial charge >= 0.3 is 0 Å². The van der Waals surface area contributed by atoms with E-state index in [-0.39, 0.29) is 0 Å². The average molecular weight is 345 g/mol. The van der Waals surface area contributed by atoms with Crippen LogP contribution in [0.2, 0.25) is 0 Å². The summed E-state index contributed by atoms with van der Waals surface area (Å²) in [5, 5.41) is 2.63. The molecule has 0 amide bonds. The van der Waals surface area contributed by atoms with Crippen LogP contribution < -0.4 is 10.6 Å². The third kappa shape index (κ3) is 4.53. The Hall–Kier alpha value is -0.950. The Labute approximate surface area is 146 Å². The van der Waals surface area contributed by atoms with Crippen LogP contribution in [-0.4, -0.2) is 17.8 Å². The van der Waals surface area contributed by atoms with Crippen LogP contribution in [0.3, 0.4) is 0 Å². The van der Waals surface area contributed by atoms with E-state index in [1.54, 1.807) is 0 Å². The molecule has 2 rings (SSSR count). The molecular formula is C20H28NPS. The predicted molar refractivity (Wildman–Crippen MR) is 108 cm³/mol. The van der Waals surface area contributed by atoms with Gasteiger partial charge in [0.1, 0.15) is 0 Å². The smallest absolute Gasteiger partial charge is 0.0709 e. The highest BCUT2D eigenvalue weighted by atomic mass is 32.4. The van der Waals surface area contributed by atoms with Crippen molar-refractivity contribution in [1.29, 1.82) is 0 Å². The van der Waals surface area contributed by atoms with Gasteiger partial charge in [0.25, 0.3) is 0 Å². The van der Waals surface area contributed by atoms with Crippen LogP contribution in [0.1, 0.15) is 39.5 Å². The third-order valence-corrected chi connectivity index (χ3v) is 9.30. The SMILES string of the molecule is CCCCN(CCCC)P(=S)(c1ccccc1)c1ccccc1. The third-order valence-electron chi connectivity index (χ3n) is 4.15. The van der Waals surface area contributed by atoms with Gasteiger partial charge in [-0.1, -0.05) is 99.2 Å². The highest BCUT2D eigenvalue weighted by Crippen LogP contribution is 2.48. The van der Waals surface area contributed by atoms with E-state index in [9.17, 15) is 0 Å². The highest BCUT2D eigenvalue weighted by Gasteiger charge is 2.28. The minimum atomic E-state index is -1.93. The predicted octanol–water partition coefficient (Wildman–Crippen LogP) is 4.93. The number of unbranched alkanes of at least 4 members (excludes halogenated alkanes) is 2. The summed E-state index contributed by atoms with van der Waals surface area (Å²) in [6.07, 6.45) is 2.91. The van der Waals surface area contributed by atoms with Crippen molar-refractivity contribution in [2.75, 3.05) is 13.1 Å². The van der Waals surface area contributed by atoms with Crippen LogP contribution >= 0.6 is 6.19 Å². The van der Waals surface area contributed by atoms with Crippen molar-refractivity contribution in [2.45, 2.75) is 39.5 Å². The van der Waals surface area contributed by atoms with Crippen LogP contribution in [-0.2, 0) is 11.8 Å². The Kier molecular flexibility index (Phi) is 7.49. The first-order valence-electron chi connectivity index (χ1n) is 8.70. The van der Waals surface area contributed by atoms with Gasteiger partial charge in [-0.3, -0.25) is 4.67 Å². The Morgan fingerprint density at radius 1 is 0.739 bits per heavy atom. The van der Waals surface area contributed by atoms with Gasteiger partial charge in [-0.05, 0) is 12.8 Å². The van der Waals surface area contributed by atoms with Crippen LogP contribution in [0, 0.1) is 0 Å². The first kappa shape index (κ1) is 18.4. The van der Waals surface area contributed by atoms with E-state index < -0.39 is 6.19 Å². The van der Waals surface area contributed by atoms with Gasteiger partial charge in [-0.2, -0.15) is 0 Å². The number of nitrogens with zero attached hydrogens (tertiary/aromatic N) is 1. The average Bonchev–Trinajstić information content (AvgIpc) is 2.62. The van der Waals surface area contributed by atoms with Gasteiger partial charge in [0.15, 0.2) is 0 Å². The molecule has 0 aromatic heterocycles. The molecule has 0 aliphatic heterocycles. The van der Waals surface area contributed by atoms with Crippen LogP contribution in [0.4, 0.5) is 0 Å². The van der Waals surface area contributed by atoms with E-state index in [2.05, 4.69) is 79.2 Å². The molecule has 124 valence electrons. The second-order valence-electron chi connectivity index (χ2n) is 5.91. The van der Waals surface area contributed by atoms with E-state index in [1.165, 1.54) is 36.3 Å². The van der Waals surface area contributed by atoms with Crippen molar-refractivity contribution >= 4 is 28.6 Å². The maximum absolute atomic E-state index is 6.42. The molecular weight excluding hydrogens is 317 g/mol. The zero-order valence-electron chi connectivity index (χ0n) is 14.3. The molecule has 0 heterocycles. The molecule has 0 fully saturated rings. The molecule has 0 radical (unpaired) electrons. The summed E-state index contributed by atoms with van der Waals surface area (Å²) in [5.41, 5.74) is 0. The van der Waals surface area contributed by atoms with Gasteiger partial charge in [0.2, 0.25) is 0 Å². The van der Waals surface area contributed by atoms with Crippen molar-refractivity contribution < 1.29 is 0 Å². The van der Waals surface area contributed by atoms with Crippen molar-refractivity contribution in [3.05, 3.63) is 60.7 Å². The molecule has 0 aliphatic rings. The summed E-state index contributed by atoms with van der Waals surface area (Å²) in [7, 11) is 0. The zero-order chi connectivity index (χ0) is 16.5. The fourth-order valence-electron chi connectivity index (χ4n) is 2.81. The lowest BCUT2D eigenvalue weighted by Gasteiger charge is -2.36. The fourth-order valence-corrected chi connectivity index (χ4v) is 6.98. The fraction of sp³-hybridized carbons (Fsp3) is 0.400. The van der Waals surface area contributed by atoms with Gasteiger partial charge in [-0.25, -0.2) is 0 Å². The lowest BCUT2D eigenvalue weighted by Crippen LogP contribution is -2.33. The van der Waals surface area contributed by atoms with Gasteiger partial charge in [0, 0.05) is 23.7 Å². The Bertz CT molecular complexity index is 561. The quantitative estimate of drug-likeness (QED) is 0.593. The van der Waals surface area contributed by atoms with Gasteiger partial charge < -0.3 is 0 Å². The number of hydrogen-bond acceptors (Lipinski definition) is 1. The lowest BCUT2D eigenvalue weighted by molar-refractivity contribution is 0.435. The minimum absolute atomic E-state index is 1.09. The highest BCUT2D eigenvalue weighted by molar-refractivity contribution is 8.20. The molecule has 0 saturated carbocycles. The monoisotopic (exact) mass is 345 g/mol. The standard InChI is InChI=1S/C20H28NPS/c1-3-5-17-21(18-6-4-2)22(23,19-13-9-7-10-14-19)20-15-11-8-12-16-20/h7-16H,3-6,17-18H2,1-2H3. The zero-order valence-corrected chi connectivity index (χ0v) is 16.0. The van der Waals surface area contributed by atoms with Crippen LogP contribution in [0.15, 0.2) is 60.7 Å². The minimum Gasteiger partial charge on any atom is -0.268 e. The maximum atomic E-state index is 6.42. The number of hydrogen-bond donors (Lipinski definition) is 0. The molecule has 1 nitrogen and oxygen atoms in total. The second kappa shape index (κ2) is 9.37. The summed E-state index contributed by atoms with van der Waals surface area (Å²) in [4.78, 5) is 0. The summed E-state index contributed by atoms with van der Waals surface area (Å²) in [6, 6.07) is 21.5. The molecule has 0 aliphatic carbocycles. The Morgan fingerprint density at radius 2 is 1.13 bits per heavy atom. The summed E-state index contributed by atoms with van der Waals surface area (Å²) in [5.74, 6) is 0. The van der Waals surface area contributed by atoms with Crippen LogP contribution in [0.5, 0.6) is 0 Å². The molecule has 2 aromatic carbocycles. The first-order chi connectivity index (χ1) is 11.2. The van der Waals surface area contributed by atoms with Crippen LogP contribution in [0.25, 0.3) is 0 Å². The molecule has 0 bridgehead atoms. The molecule has 0 atom stereocenters. The van der Waals surface area contributed by atoms with Crippen molar-refractivity contribution in [1.82, 2.24) is 4.67 Å². The van der Waals surface area contributed by atoms with Gasteiger partial charge in [0.05, 0.1) is 6.19 Å². The van der Waals surface area contributed by atoms with Gasteiger partial charge in [-0.15, -0.1) is 0 Å². The maximum Gasteiger partial charge on any atom is 0.0709 e. The molecule has 0 N–H and O–H groups in total. The summed E-state index contributed by atoms with van der Waals surface area (Å²) in [6.45, 7) is 6.70. The Morgan fingerprint density at radius 3 is 1.48 bits per heavy atom. The summed E-state index contributed by atoms with van der Waals surface area (Å²) < 4.78 is 2.61. The van der Waals surface area contributed by atoms with Crippen molar-refractivity contribution in [3.63, 3.8) is 0 Å². The number of benzene rings is 2. The van der Waals surface area contributed by atoms with E-state index in [0.717, 1.165) is 13.1 Å². The van der Waals surface area contributed by atoms with E-state index in [0.29, 0.717) is 0 Å². The molecule has 23 heavy (non-hydrogen) atoms. The molecule has 3 heteroatoms. The molecule has 0 unspecified atom stereocenters. The topological polar surface area (TPSA) is 3.24 Å². The number of rotatable bonds is 9. The van der Waals surface area contributed by atoms with Crippen molar-refractivity contribution in [2.24, 2.45) is 0 Å². The van der Waals surface area contributed by atoms with E-state index in [1.807, 2.05) is 0 Å². The molecule has 0 saturated heterocycles. The normalized spacial score (nSPS) is 11.8. The Balaban J connectivity index is 2.48. The lowest BCUT2D eigenvalue weighted by atomic mass is 10.3. The summed E-state index contributed by atoms with van der Waals surface area (Å²) >= 11 is 6.42.